The van der Waals surface area contributed by atoms with Crippen molar-refractivity contribution in [2.24, 2.45) is 0 Å². The van der Waals surface area contributed by atoms with Gasteiger partial charge in [0.2, 0.25) is 0 Å². The van der Waals surface area contributed by atoms with Gasteiger partial charge in [-0.05, 0) is 97.8 Å². The molecule has 5 aromatic rings. The maximum absolute atomic E-state index is 3.71. The predicted molar refractivity (Wildman–Crippen MR) is 130 cm³/mol. The monoisotopic (exact) mass is 424 g/mol. The van der Waals surface area contributed by atoms with Gasteiger partial charge < -0.3 is 19.9 Å². The van der Waals surface area contributed by atoms with Crippen LogP contribution in [-0.2, 0) is 0 Å². The highest BCUT2D eigenvalue weighted by molar-refractivity contribution is 7.17. The molecule has 5 aromatic heterocycles. The highest BCUT2D eigenvalue weighted by Crippen LogP contribution is 2.23. The quantitative estimate of drug-likeness (QED) is 0.295. The fourth-order valence-electron chi connectivity index (χ4n) is 4.69. The number of aryl methyl sites for hydroxylation is 1. The molecule has 1 aliphatic rings. The van der Waals surface area contributed by atoms with Crippen LogP contribution < -0.4 is 21.4 Å². The van der Waals surface area contributed by atoms with Gasteiger partial charge in [-0.3, -0.25) is 0 Å². The third-order valence-corrected chi connectivity index (χ3v) is 7.43. The topological polar surface area (TPSA) is 63.2 Å². The number of hydrogen-bond acceptors (Lipinski definition) is 1. The summed E-state index contributed by atoms with van der Waals surface area (Å²) in [5, 5.41) is 7.98. The molecule has 0 spiro atoms. The Morgan fingerprint density at radius 3 is 2.39 bits per heavy atom. The second-order valence-electron chi connectivity index (χ2n) is 8.49. The molecule has 0 fully saturated rings. The van der Waals surface area contributed by atoms with Crippen molar-refractivity contribution < 1.29 is 0 Å². The zero-order chi connectivity index (χ0) is 21.3. The summed E-state index contributed by atoms with van der Waals surface area (Å²) in [5.74, 6) is 0. The van der Waals surface area contributed by atoms with Gasteiger partial charge in [-0.25, -0.2) is 0 Å². The number of H-pyrrole nitrogens is 4. The zero-order valence-electron chi connectivity index (χ0n) is 18.0. The van der Waals surface area contributed by atoms with E-state index in [9.17, 15) is 0 Å². The first-order valence-corrected chi connectivity index (χ1v) is 11.4. The van der Waals surface area contributed by atoms with E-state index in [1.807, 2.05) is 0 Å². The first-order chi connectivity index (χ1) is 15.0. The normalized spacial score (nSPS) is 13.2. The summed E-state index contributed by atoms with van der Waals surface area (Å²) in [4.78, 5) is 14.5. The summed E-state index contributed by atoms with van der Waals surface area (Å²) >= 11 is 1.78. The molecule has 0 unspecified atom stereocenters. The number of aromatic amines is 4. The van der Waals surface area contributed by atoms with E-state index in [1.165, 1.54) is 43.4 Å². The van der Waals surface area contributed by atoms with Crippen LogP contribution in [0.15, 0.2) is 29.6 Å². The molecule has 154 valence electrons. The molecule has 5 heteroatoms. The van der Waals surface area contributed by atoms with Crippen molar-refractivity contribution in [3.8, 4) is 0 Å². The summed E-state index contributed by atoms with van der Waals surface area (Å²) in [7, 11) is 0. The van der Waals surface area contributed by atoms with Gasteiger partial charge in [0.25, 0.3) is 0 Å². The molecule has 4 nitrogen and oxygen atoms in total. The largest absolute Gasteiger partial charge is 0.355 e. The molecule has 4 N–H and O–H groups in total. The fraction of sp³-hybridized carbons (Fsp3) is 0.154. The Morgan fingerprint density at radius 2 is 1.55 bits per heavy atom. The first kappa shape index (κ1) is 18.3. The number of aromatic nitrogens is 4. The molecule has 31 heavy (non-hydrogen) atoms. The fourth-order valence-corrected chi connectivity index (χ4v) is 5.57. The van der Waals surface area contributed by atoms with Crippen LogP contribution in [0.25, 0.3) is 33.9 Å². The van der Waals surface area contributed by atoms with Gasteiger partial charge in [0, 0.05) is 44.2 Å². The number of fused-ring (bicyclic) bond motifs is 11. The molecule has 1 aliphatic heterocycles. The van der Waals surface area contributed by atoms with E-state index < -0.39 is 0 Å². The molecule has 8 bridgehead atoms. The lowest BCUT2D eigenvalue weighted by molar-refractivity contribution is 1.19. The molecule has 0 aromatic carbocycles. The second-order valence-corrected chi connectivity index (χ2v) is 9.41. The number of hydrogen-bond donors (Lipinski definition) is 4. The third kappa shape index (κ3) is 2.81. The van der Waals surface area contributed by atoms with Crippen LogP contribution in [0.1, 0.15) is 46.4 Å². The summed E-state index contributed by atoms with van der Waals surface area (Å²) in [6.07, 6.45) is 6.61. The summed E-state index contributed by atoms with van der Waals surface area (Å²) in [6.45, 7) is 8.76. The minimum Gasteiger partial charge on any atom is -0.355 e. The van der Waals surface area contributed by atoms with Crippen molar-refractivity contribution in [1.82, 2.24) is 19.9 Å². The Balaban J connectivity index is 1.77. The Bertz CT molecular complexity index is 1730. The van der Waals surface area contributed by atoms with Gasteiger partial charge in [-0.15, -0.1) is 11.3 Å². The Morgan fingerprint density at radius 1 is 0.742 bits per heavy atom. The lowest BCUT2D eigenvalue weighted by Gasteiger charge is -2.00. The Kier molecular flexibility index (Phi) is 3.86. The summed E-state index contributed by atoms with van der Waals surface area (Å²) in [5.41, 5.74) is 9.57. The van der Waals surface area contributed by atoms with Crippen molar-refractivity contribution >= 4 is 45.2 Å². The van der Waals surface area contributed by atoms with Crippen LogP contribution in [0.2, 0.25) is 0 Å². The molecular weight excluding hydrogens is 400 g/mol. The third-order valence-electron chi connectivity index (χ3n) is 6.49. The molecule has 0 atom stereocenters. The van der Waals surface area contributed by atoms with E-state index in [0.29, 0.717) is 0 Å². The van der Waals surface area contributed by atoms with Crippen molar-refractivity contribution in [3.63, 3.8) is 0 Å². The predicted octanol–water partition coefficient (Wildman–Crippen LogP) is 3.16. The molecule has 6 heterocycles. The van der Waals surface area contributed by atoms with Crippen LogP contribution >= 0.6 is 11.3 Å². The van der Waals surface area contributed by atoms with Crippen molar-refractivity contribution in [2.75, 3.05) is 0 Å². The van der Waals surface area contributed by atoms with E-state index in [-0.39, 0.29) is 0 Å². The molecule has 6 rings (SSSR count). The van der Waals surface area contributed by atoms with Crippen molar-refractivity contribution in [1.29, 1.82) is 0 Å². The van der Waals surface area contributed by atoms with Crippen molar-refractivity contribution in [2.45, 2.75) is 27.7 Å². The molecule has 0 amide bonds. The average Bonchev–Trinajstić information content (AvgIpc) is 3.53. The average molecular weight is 425 g/mol. The number of rotatable bonds is 0. The van der Waals surface area contributed by atoms with Gasteiger partial charge >= 0.3 is 0 Å². The zero-order valence-corrected chi connectivity index (χ0v) is 18.8. The van der Waals surface area contributed by atoms with E-state index >= 15 is 0 Å². The van der Waals surface area contributed by atoms with Gasteiger partial charge in [0.05, 0.1) is 10.0 Å². The maximum Gasteiger partial charge on any atom is 0.0599 e. The molecule has 0 aliphatic carbocycles. The SMILES string of the molecule is CC1=c2[nH]c(cc2C)=Cc2ccc([nH]2)C=c2[nH]c(c3ccsc23)=Cc2[nH]c1c(C)c2C. The molecule has 0 saturated heterocycles. The summed E-state index contributed by atoms with van der Waals surface area (Å²) in [6, 6.07) is 8.67. The van der Waals surface area contributed by atoms with E-state index in [0.717, 1.165) is 33.1 Å². The minimum absolute atomic E-state index is 1.08. The maximum atomic E-state index is 3.71. The van der Waals surface area contributed by atoms with E-state index in [1.54, 1.807) is 11.3 Å². The van der Waals surface area contributed by atoms with Crippen LogP contribution in [0.4, 0.5) is 0 Å². The molecule has 0 radical (unpaired) electrons. The Hall–Kier alpha value is -3.44. The highest BCUT2D eigenvalue weighted by atomic mass is 32.1. The van der Waals surface area contributed by atoms with Crippen LogP contribution in [-0.4, -0.2) is 19.9 Å². The summed E-state index contributed by atoms with van der Waals surface area (Å²) < 4.78 is 1.28. The van der Waals surface area contributed by atoms with Gasteiger partial charge in [-0.2, -0.15) is 0 Å². The lowest BCUT2D eigenvalue weighted by Crippen LogP contribution is -2.15. The van der Waals surface area contributed by atoms with Crippen molar-refractivity contribution in [3.05, 3.63) is 90.5 Å². The van der Waals surface area contributed by atoms with Gasteiger partial charge in [-0.1, -0.05) is 0 Å². The second kappa shape index (κ2) is 6.53. The van der Waals surface area contributed by atoms with Crippen LogP contribution in [0.3, 0.4) is 0 Å². The number of nitrogens with one attached hydrogen (secondary N) is 4. The highest BCUT2D eigenvalue weighted by Gasteiger charge is 2.13. The molecular formula is C26H24N4S. The standard InChI is InChI=1S/C26H24N4S/c1-13-9-19-10-17-5-6-18(27-17)11-23-26-20(7-8-31-26)22(29-23)12-21-14(2)15(3)25(30-21)16(4)24(13)28-19/h5-12,27-30H,1-4H3. The Labute approximate surface area is 183 Å². The van der Waals surface area contributed by atoms with Crippen LogP contribution in [0.5, 0.6) is 0 Å². The smallest absolute Gasteiger partial charge is 0.0599 e. The van der Waals surface area contributed by atoms with Crippen LogP contribution in [0, 0.1) is 20.8 Å². The lowest BCUT2D eigenvalue weighted by atomic mass is 10.1. The first-order valence-electron chi connectivity index (χ1n) is 10.5. The van der Waals surface area contributed by atoms with E-state index in [2.05, 4.69) is 95.5 Å². The minimum atomic E-state index is 1.08. The molecule has 0 saturated carbocycles. The van der Waals surface area contributed by atoms with Gasteiger partial charge in [0.15, 0.2) is 0 Å². The van der Waals surface area contributed by atoms with Gasteiger partial charge in [0.1, 0.15) is 0 Å². The van der Waals surface area contributed by atoms with E-state index in [4.69, 9.17) is 0 Å². The number of thiophene rings is 1.